The molecule has 2 nitrogen and oxygen atoms in total. The third-order valence-electron chi connectivity index (χ3n) is 5.31. The molecule has 0 atom stereocenters. The number of nitrogens with zero attached hydrogens (tertiary/aromatic N) is 1. The van der Waals surface area contributed by atoms with E-state index in [1.54, 1.807) is 6.08 Å². The number of rotatable bonds is 5. The van der Waals surface area contributed by atoms with E-state index in [1.807, 2.05) is 6.08 Å². The van der Waals surface area contributed by atoms with Crippen LogP contribution in [-0.4, -0.2) is 0 Å². The van der Waals surface area contributed by atoms with Crippen molar-refractivity contribution in [1.29, 1.82) is 5.26 Å². The molecular formula is C23H20F5NO. The Morgan fingerprint density at radius 1 is 1.00 bits per heavy atom. The first-order chi connectivity index (χ1) is 14.2. The summed E-state index contributed by atoms with van der Waals surface area (Å²) in [5.41, 5.74) is -1.65. The maximum Gasteiger partial charge on any atom is 0.427 e. The molecule has 2 aromatic rings. The first kappa shape index (κ1) is 21.8. The Balaban J connectivity index is 1.74. The monoisotopic (exact) mass is 421 g/mol. The average Bonchev–Trinajstić information content (AvgIpc) is 2.69. The quantitative estimate of drug-likeness (QED) is 0.490. The maximum absolute atomic E-state index is 14.3. The lowest BCUT2D eigenvalue weighted by molar-refractivity contribution is -0.187. The van der Waals surface area contributed by atoms with Crippen LogP contribution in [0.2, 0.25) is 0 Å². The third-order valence-corrected chi connectivity index (χ3v) is 5.31. The summed E-state index contributed by atoms with van der Waals surface area (Å²) in [5, 5.41) is 8.63. The van der Waals surface area contributed by atoms with E-state index in [1.165, 1.54) is 12.1 Å². The zero-order valence-corrected chi connectivity index (χ0v) is 16.3. The third kappa shape index (κ3) is 4.99. The molecule has 1 aliphatic rings. The molecule has 1 saturated carbocycles. The molecule has 0 amide bonds. The van der Waals surface area contributed by atoms with Crippen LogP contribution < -0.4 is 4.74 Å². The van der Waals surface area contributed by atoms with Crippen molar-refractivity contribution in [3.8, 4) is 11.8 Å². The molecular weight excluding hydrogens is 401 g/mol. The van der Waals surface area contributed by atoms with E-state index in [9.17, 15) is 22.0 Å². The van der Waals surface area contributed by atoms with Gasteiger partial charge in [-0.2, -0.15) is 14.0 Å². The Labute approximate surface area is 171 Å². The molecule has 2 aromatic carbocycles. The van der Waals surface area contributed by atoms with Gasteiger partial charge in [0.2, 0.25) is 0 Å². The van der Waals surface area contributed by atoms with Crippen LogP contribution in [-0.2, 0) is 6.11 Å². The molecule has 0 N–H and O–H groups in total. The first-order valence-corrected chi connectivity index (χ1v) is 9.64. The van der Waals surface area contributed by atoms with Gasteiger partial charge in [-0.05, 0) is 54.5 Å². The van der Waals surface area contributed by atoms with Gasteiger partial charge in [0, 0.05) is 0 Å². The lowest BCUT2D eigenvalue weighted by Gasteiger charge is -2.23. The summed E-state index contributed by atoms with van der Waals surface area (Å²) >= 11 is 0. The minimum atomic E-state index is -4.20. The van der Waals surface area contributed by atoms with Crippen molar-refractivity contribution in [2.24, 2.45) is 11.8 Å². The van der Waals surface area contributed by atoms with Crippen LogP contribution in [0.1, 0.15) is 49.3 Å². The molecule has 30 heavy (non-hydrogen) atoms. The fourth-order valence-corrected chi connectivity index (χ4v) is 3.47. The van der Waals surface area contributed by atoms with Crippen LogP contribution in [0.25, 0.3) is 6.08 Å². The standard InChI is InChI=1S/C23H20F5NO/c1-14-2-4-15(5-3-14)6-7-16-8-9-22(21(26)10-16)30-23(27,28)17-11-19(24)18(13-29)20(25)12-17/h6-12,14-15H,2-5H2,1H3/b7-6+. The number of benzene rings is 2. The fourth-order valence-electron chi connectivity index (χ4n) is 3.47. The van der Waals surface area contributed by atoms with Crippen LogP contribution >= 0.6 is 0 Å². The van der Waals surface area contributed by atoms with Crippen LogP contribution in [0.4, 0.5) is 22.0 Å². The van der Waals surface area contributed by atoms with Crippen molar-refractivity contribution in [3.63, 3.8) is 0 Å². The van der Waals surface area contributed by atoms with Gasteiger partial charge in [0.25, 0.3) is 0 Å². The summed E-state index contributed by atoms with van der Waals surface area (Å²) in [6, 6.07) is 5.36. The highest BCUT2D eigenvalue weighted by Crippen LogP contribution is 2.35. The molecule has 158 valence electrons. The number of nitriles is 1. The van der Waals surface area contributed by atoms with Crippen LogP contribution in [0, 0.1) is 40.6 Å². The average molecular weight is 421 g/mol. The summed E-state index contributed by atoms with van der Waals surface area (Å²) in [5.74, 6) is -3.56. The molecule has 1 fully saturated rings. The van der Waals surface area contributed by atoms with E-state index in [-0.39, 0.29) is 0 Å². The summed E-state index contributed by atoms with van der Waals surface area (Å²) in [7, 11) is 0. The number of halogens is 5. The van der Waals surface area contributed by atoms with E-state index in [4.69, 9.17) is 5.26 Å². The van der Waals surface area contributed by atoms with E-state index < -0.39 is 40.4 Å². The van der Waals surface area contributed by atoms with Crippen molar-refractivity contribution in [2.75, 3.05) is 0 Å². The molecule has 0 saturated heterocycles. The number of hydrogen-bond acceptors (Lipinski definition) is 2. The number of allylic oxidation sites excluding steroid dienone is 1. The van der Waals surface area contributed by atoms with E-state index in [0.717, 1.165) is 37.8 Å². The second-order valence-electron chi connectivity index (χ2n) is 7.61. The largest absolute Gasteiger partial charge is 0.427 e. The molecule has 0 aliphatic heterocycles. The molecule has 1 aliphatic carbocycles. The van der Waals surface area contributed by atoms with Crippen molar-refractivity contribution in [1.82, 2.24) is 0 Å². The van der Waals surface area contributed by atoms with E-state index >= 15 is 0 Å². The topological polar surface area (TPSA) is 33.0 Å². The minimum absolute atomic E-state index is 0.293. The van der Waals surface area contributed by atoms with Gasteiger partial charge >= 0.3 is 6.11 Å². The highest BCUT2D eigenvalue weighted by molar-refractivity contribution is 5.51. The Bertz CT molecular complexity index is 965. The predicted octanol–water partition coefficient (Wildman–Crippen LogP) is 6.94. The highest BCUT2D eigenvalue weighted by atomic mass is 19.3. The normalized spacial score (nSPS) is 19.6. The number of ether oxygens (including phenoxy) is 1. The second kappa shape index (κ2) is 8.86. The van der Waals surface area contributed by atoms with Gasteiger partial charge in [0.05, 0.1) is 5.56 Å². The number of alkyl halides is 2. The Morgan fingerprint density at radius 3 is 2.20 bits per heavy atom. The maximum atomic E-state index is 14.3. The molecule has 0 heterocycles. The van der Waals surface area contributed by atoms with E-state index in [2.05, 4.69) is 11.7 Å². The molecule has 3 rings (SSSR count). The minimum Gasteiger partial charge on any atom is -0.426 e. The van der Waals surface area contributed by atoms with Crippen LogP contribution in [0.5, 0.6) is 5.75 Å². The van der Waals surface area contributed by atoms with Gasteiger partial charge in [0.1, 0.15) is 23.3 Å². The highest BCUT2D eigenvalue weighted by Gasteiger charge is 2.37. The smallest absolute Gasteiger partial charge is 0.426 e. The summed E-state index contributed by atoms with van der Waals surface area (Å²) in [4.78, 5) is 0. The summed E-state index contributed by atoms with van der Waals surface area (Å²) < 4.78 is 74.6. The summed E-state index contributed by atoms with van der Waals surface area (Å²) in [6.45, 7) is 2.21. The number of hydrogen-bond donors (Lipinski definition) is 0. The van der Waals surface area contributed by atoms with Gasteiger partial charge in [-0.15, -0.1) is 0 Å². The lowest BCUT2D eigenvalue weighted by atomic mass is 9.83. The van der Waals surface area contributed by atoms with Gasteiger partial charge in [0.15, 0.2) is 11.6 Å². The first-order valence-electron chi connectivity index (χ1n) is 9.64. The Morgan fingerprint density at radius 2 is 1.63 bits per heavy atom. The molecule has 7 heteroatoms. The van der Waals surface area contributed by atoms with Crippen molar-refractivity contribution < 1.29 is 26.7 Å². The van der Waals surface area contributed by atoms with Gasteiger partial charge in [-0.25, -0.2) is 13.2 Å². The molecule has 0 bridgehead atoms. The van der Waals surface area contributed by atoms with Crippen molar-refractivity contribution in [3.05, 3.63) is 70.5 Å². The van der Waals surface area contributed by atoms with Crippen molar-refractivity contribution in [2.45, 2.75) is 38.7 Å². The van der Waals surface area contributed by atoms with Gasteiger partial charge in [-0.3, -0.25) is 0 Å². The van der Waals surface area contributed by atoms with Crippen molar-refractivity contribution >= 4 is 6.08 Å². The molecule has 0 unspecified atom stereocenters. The van der Waals surface area contributed by atoms with Gasteiger partial charge in [-0.1, -0.05) is 38.0 Å². The molecule has 0 aromatic heterocycles. The molecule has 0 spiro atoms. The second-order valence-corrected chi connectivity index (χ2v) is 7.61. The fraction of sp³-hybridized carbons (Fsp3) is 0.348. The van der Waals surface area contributed by atoms with Crippen LogP contribution in [0.3, 0.4) is 0 Å². The Kier molecular flexibility index (Phi) is 6.45. The Hall–Kier alpha value is -2.88. The van der Waals surface area contributed by atoms with Crippen LogP contribution in [0.15, 0.2) is 36.4 Å². The summed E-state index contributed by atoms with van der Waals surface area (Å²) in [6.07, 6.45) is 3.95. The SMILES string of the molecule is CC1CCC(/C=C/c2ccc(OC(F)(F)c3cc(F)c(C#N)c(F)c3)c(F)c2)CC1. The molecule has 0 radical (unpaired) electrons. The van der Waals surface area contributed by atoms with Gasteiger partial charge < -0.3 is 4.74 Å². The van der Waals surface area contributed by atoms with E-state index in [0.29, 0.717) is 29.5 Å². The zero-order chi connectivity index (χ0) is 21.9. The lowest BCUT2D eigenvalue weighted by Crippen LogP contribution is -2.23. The zero-order valence-electron chi connectivity index (χ0n) is 16.3. The predicted molar refractivity (Wildman–Crippen MR) is 102 cm³/mol.